The molecular formula is C32H34F5N5O5S. The molecule has 3 heterocycles. The second-order valence-corrected chi connectivity index (χ2v) is 13.7. The molecule has 0 aliphatic carbocycles. The number of sulfonamides is 1. The van der Waals surface area contributed by atoms with Gasteiger partial charge in [-0.3, -0.25) is 9.78 Å². The summed E-state index contributed by atoms with van der Waals surface area (Å²) >= 11 is 0. The fraction of sp³-hybridized carbons (Fsp3) is 0.406. The molecule has 2 aromatic carbocycles. The number of alkyl halides is 3. The first-order valence-electron chi connectivity index (χ1n) is 15.2. The number of methoxy groups -OCH3 is 1. The van der Waals surface area contributed by atoms with E-state index in [0.717, 1.165) is 37.8 Å². The maximum atomic E-state index is 15.3. The first-order valence-corrected chi connectivity index (χ1v) is 16.8. The van der Waals surface area contributed by atoms with E-state index >= 15 is 4.39 Å². The third-order valence-corrected chi connectivity index (χ3v) is 10.6. The number of alkyl carbamates (subject to hydrolysis) is 1. The number of piperazine rings is 1. The van der Waals surface area contributed by atoms with Crippen molar-refractivity contribution < 1.29 is 44.7 Å². The molecule has 258 valence electrons. The average Bonchev–Trinajstić information content (AvgIpc) is 3.16. The molecule has 10 nitrogen and oxygen atoms in total. The number of amides is 2. The van der Waals surface area contributed by atoms with Crippen LogP contribution < -0.4 is 16.0 Å². The molecule has 5 rings (SSSR count). The van der Waals surface area contributed by atoms with Crippen LogP contribution in [0.15, 0.2) is 60.8 Å². The van der Waals surface area contributed by atoms with E-state index in [2.05, 4.69) is 20.9 Å². The number of anilines is 1. The zero-order valence-electron chi connectivity index (χ0n) is 25.8. The molecule has 5 unspecified atom stereocenters. The number of benzene rings is 2. The quantitative estimate of drug-likeness (QED) is 0.280. The highest BCUT2D eigenvalue weighted by Crippen LogP contribution is 2.33. The molecule has 0 saturated carbocycles. The van der Waals surface area contributed by atoms with E-state index in [9.17, 15) is 35.6 Å². The van der Waals surface area contributed by atoms with Crippen molar-refractivity contribution >= 4 is 27.7 Å². The van der Waals surface area contributed by atoms with Gasteiger partial charge in [0.25, 0.3) is 0 Å². The summed E-state index contributed by atoms with van der Waals surface area (Å²) in [5, 5.41) is 8.38. The van der Waals surface area contributed by atoms with Gasteiger partial charge in [0.15, 0.2) is 0 Å². The predicted octanol–water partition coefficient (Wildman–Crippen LogP) is 4.57. The Morgan fingerprint density at radius 2 is 1.85 bits per heavy atom. The van der Waals surface area contributed by atoms with Gasteiger partial charge in [-0.05, 0) is 67.6 Å². The van der Waals surface area contributed by atoms with Gasteiger partial charge in [-0.1, -0.05) is 18.2 Å². The summed E-state index contributed by atoms with van der Waals surface area (Å²) in [4.78, 5) is 30.4. The smallest absolute Gasteiger partial charge is 0.417 e. The van der Waals surface area contributed by atoms with E-state index in [-0.39, 0.29) is 47.1 Å². The van der Waals surface area contributed by atoms with Gasteiger partial charge in [0, 0.05) is 42.6 Å². The van der Waals surface area contributed by atoms with Crippen LogP contribution in [0.3, 0.4) is 0 Å². The normalized spacial score (nSPS) is 21.8. The minimum Gasteiger partial charge on any atom is -0.453 e. The van der Waals surface area contributed by atoms with E-state index in [1.54, 1.807) is 0 Å². The summed E-state index contributed by atoms with van der Waals surface area (Å²) in [6, 6.07) is 8.55. The number of carbonyl (C=O) groups excluding carboxylic acids is 2. The van der Waals surface area contributed by atoms with E-state index in [1.165, 1.54) is 34.6 Å². The Hall–Kier alpha value is -4.15. The maximum Gasteiger partial charge on any atom is 0.417 e. The lowest BCUT2D eigenvalue weighted by atomic mass is 9.87. The molecule has 1 aromatic heterocycles. The second kappa shape index (κ2) is 14.5. The van der Waals surface area contributed by atoms with Gasteiger partial charge < -0.3 is 20.7 Å². The molecule has 5 atom stereocenters. The number of rotatable bonds is 9. The van der Waals surface area contributed by atoms with Crippen LogP contribution in [-0.4, -0.2) is 73.8 Å². The maximum absolute atomic E-state index is 15.3. The van der Waals surface area contributed by atoms with Crippen LogP contribution in [-0.2, 0) is 32.2 Å². The van der Waals surface area contributed by atoms with Crippen LogP contribution in [0.1, 0.15) is 47.6 Å². The molecule has 0 radical (unpaired) electrons. The number of fused-ring (bicyclic) bond motifs is 2. The van der Waals surface area contributed by atoms with Crippen molar-refractivity contribution in [1.82, 2.24) is 19.9 Å². The number of pyridine rings is 1. The second-order valence-electron chi connectivity index (χ2n) is 11.7. The molecule has 2 aliphatic heterocycles. The minimum atomic E-state index is -4.70. The number of ether oxygens (including phenoxy) is 1. The average molecular weight is 696 g/mol. The summed E-state index contributed by atoms with van der Waals surface area (Å²) in [5.41, 5.74) is -0.765. The van der Waals surface area contributed by atoms with E-state index in [4.69, 9.17) is 4.74 Å². The van der Waals surface area contributed by atoms with Crippen molar-refractivity contribution in [2.75, 3.05) is 31.3 Å². The van der Waals surface area contributed by atoms with Crippen LogP contribution >= 0.6 is 0 Å². The number of nitrogens with one attached hydrogen (secondary N) is 3. The molecular weight excluding hydrogens is 661 g/mol. The van der Waals surface area contributed by atoms with Crippen molar-refractivity contribution in [1.29, 1.82) is 0 Å². The highest BCUT2D eigenvalue weighted by Gasteiger charge is 2.39. The Morgan fingerprint density at radius 3 is 2.52 bits per heavy atom. The number of nitrogens with zero attached hydrogens (tertiary/aromatic N) is 2. The van der Waals surface area contributed by atoms with Crippen LogP contribution in [0, 0.1) is 11.6 Å². The molecule has 3 aromatic rings. The number of aromatic nitrogens is 1. The molecule has 48 heavy (non-hydrogen) atoms. The summed E-state index contributed by atoms with van der Waals surface area (Å²) in [6.07, 6.45) is -3.63. The van der Waals surface area contributed by atoms with Crippen LogP contribution in [0.25, 0.3) is 0 Å². The number of carbonyl (C=O) groups is 2. The monoisotopic (exact) mass is 695 g/mol. The zero-order valence-corrected chi connectivity index (χ0v) is 26.6. The fourth-order valence-corrected chi connectivity index (χ4v) is 7.95. The highest BCUT2D eigenvalue weighted by molar-refractivity contribution is 7.89. The third-order valence-electron chi connectivity index (χ3n) is 8.60. The first kappa shape index (κ1) is 35.2. The molecule has 2 bridgehead atoms. The van der Waals surface area contributed by atoms with E-state index < -0.39 is 63.4 Å². The first-order chi connectivity index (χ1) is 22.8. The summed E-state index contributed by atoms with van der Waals surface area (Å²) < 4.78 is 101. The SMILES string of the molecule is COC(=O)NC(C(=O)Nc1cccc(F)c1CCC1CNC2CCCS(=O)(=O)N1C2)C(c1ccc(F)cc1)c1ccc(C(F)(F)F)cn1. The zero-order chi connectivity index (χ0) is 34.6. The van der Waals surface area contributed by atoms with Gasteiger partial charge in [-0.25, -0.2) is 22.0 Å². The van der Waals surface area contributed by atoms with Crippen molar-refractivity contribution in [2.24, 2.45) is 0 Å². The van der Waals surface area contributed by atoms with E-state index in [0.29, 0.717) is 25.7 Å². The molecule has 3 N–H and O–H groups in total. The molecule has 2 saturated heterocycles. The van der Waals surface area contributed by atoms with E-state index in [1.807, 2.05) is 0 Å². The standard InChI is InChI=1S/C32H34F5N5O5S/c1-47-31(44)41-29(28(19-7-10-21(33)11-8-19)27-14-9-20(16-39-27)32(35,36)37)30(43)40-26-6-2-5-25(34)24(26)13-12-23-17-38-22-4-3-15-48(45,46)42(23)18-22/h2,5-11,14,16,22-23,28-29,38H,3-4,12-13,15,17-18H2,1H3,(H,40,43)(H,41,44). The molecule has 2 amide bonds. The van der Waals surface area contributed by atoms with Crippen molar-refractivity contribution in [3.63, 3.8) is 0 Å². The predicted molar refractivity (Wildman–Crippen MR) is 165 cm³/mol. The number of hydrogen-bond acceptors (Lipinski definition) is 7. The topological polar surface area (TPSA) is 130 Å². The van der Waals surface area contributed by atoms with Gasteiger partial charge in [0.1, 0.15) is 17.7 Å². The minimum absolute atomic E-state index is 0.0281. The Bertz CT molecular complexity index is 1720. The highest BCUT2D eigenvalue weighted by atomic mass is 32.2. The van der Waals surface area contributed by atoms with Crippen molar-refractivity contribution in [3.05, 3.63) is 94.8 Å². The number of hydrogen-bond donors (Lipinski definition) is 3. The Kier molecular flexibility index (Phi) is 10.7. The van der Waals surface area contributed by atoms with Gasteiger partial charge in [0.05, 0.1) is 30.0 Å². The summed E-state index contributed by atoms with van der Waals surface area (Å²) in [6.45, 7) is 0.697. The van der Waals surface area contributed by atoms with Gasteiger partial charge >= 0.3 is 12.3 Å². The summed E-state index contributed by atoms with van der Waals surface area (Å²) in [7, 11) is -2.45. The Balaban J connectivity index is 1.46. The lowest BCUT2D eigenvalue weighted by Crippen LogP contribution is -2.57. The molecule has 2 aliphatic rings. The molecule has 2 fully saturated rings. The lowest BCUT2D eigenvalue weighted by molar-refractivity contribution is -0.137. The Morgan fingerprint density at radius 1 is 1.10 bits per heavy atom. The van der Waals surface area contributed by atoms with Crippen molar-refractivity contribution in [3.8, 4) is 0 Å². The van der Waals surface area contributed by atoms with Gasteiger partial charge in [0.2, 0.25) is 15.9 Å². The summed E-state index contributed by atoms with van der Waals surface area (Å²) in [5.74, 6) is -3.41. The van der Waals surface area contributed by atoms with Gasteiger partial charge in [-0.15, -0.1) is 0 Å². The largest absolute Gasteiger partial charge is 0.453 e. The third kappa shape index (κ3) is 8.10. The van der Waals surface area contributed by atoms with Crippen LogP contribution in [0.4, 0.5) is 32.4 Å². The molecule has 16 heteroatoms. The lowest BCUT2D eigenvalue weighted by Gasteiger charge is -2.37. The van der Waals surface area contributed by atoms with Crippen LogP contribution in [0.5, 0.6) is 0 Å². The Labute approximate surface area is 274 Å². The molecule has 0 spiro atoms. The van der Waals surface area contributed by atoms with Crippen molar-refractivity contribution in [2.45, 2.75) is 55.9 Å². The van der Waals surface area contributed by atoms with Crippen LogP contribution in [0.2, 0.25) is 0 Å². The van der Waals surface area contributed by atoms with Gasteiger partial charge in [-0.2, -0.15) is 17.5 Å². The number of halogens is 5. The fourth-order valence-electron chi connectivity index (χ4n) is 6.14.